The molecule has 106 valence electrons. The van der Waals surface area contributed by atoms with Crippen molar-refractivity contribution in [2.45, 2.75) is 5.75 Å². The minimum atomic E-state index is -3.03. The normalized spacial score (nSPS) is 11.3. The highest BCUT2D eigenvalue weighted by Crippen LogP contribution is 2.28. The van der Waals surface area contributed by atoms with Gasteiger partial charge in [-0.05, 0) is 57.9 Å². The van der Waals surface area contributed by atoms with Gasteiger partial charge >= 0.3 is 0 Å². The minimum Gasteiger partial charge on any atom is -0.355 e. The summed E-state index contributed by atoms with van der Waals surface area (Å²) >= 11 is 9.28. The maximum Gasteiger partial charge on any atom is 0.151 e. The first kappa shape index (κ1) is 15.4. The van der Waals surface area contributed by atoms with Gasteiger partial charge in [0.15, 0.2) is 9.84 Å². The second-order valence-electron chi connectivity index (χ2n) is 4.52. The molecule has 0 aliphatic carbocycles. The number of halogens is 2. The smallest absolute Gasteiger partial charge is 0.151 e. The van der Waals surface area contributed by atoms with Crippen molar-refractivity contribution in [3.8, 4) is 0 Å². The zero-order valence-corrected chi connectivity index (χ0v) is 13.9. The van der Waals surface area contributed by atoms with E-state index in [1.54, 1.807) is 24.3 Å². The molecule has 0 aliphatic heterocycles. The fraction of sp³-hybridized carbons (Fsp3) is 0.143. The Morgan fingerprint density at radius 1 is 1.15 bits per heavy atom. The molecule has 1 N–H and O–H groups in total. The van der Waals surface area contributed by atoms with Crippen molar-refractivity contribution in [1.29, 1.82) is 0 Å². The fourth-order valence-electron chi connectivity index (χ4n) is 1.74. The molecule has 0 radical (unpaired) electrons. The topological polar surface area (TPSA) is 46.2 Å². The highest BCUT2D eigenvalue weighted by molar-refractivity contribution is 9.10. The third-order valence-electron chi connectivity index (χ3n) is 2.59. The Morgan fingerprint density at radius 2 is 1.80 bits per heavy atom. The Hall–Kier alpha value is -1.04. The summed E-state index contributed by atoms with van der Waals surface area (Å²) in [7, 11) is -3.03. The number of anilines is 2. The van der Waals surface area contributed by atoms with Gasteiger partial charge in [-0.1, -0.05) is 17.7 Å². The van der Waals surface area contributed by atoms with Gasteiger partial charge in [0.25, 0.3) is 0 Å². The Kier molecular flexibility index (Phi) is 4.73. The van der Waals surface area contributed by atoms with E-state index < -0.39 is 9.84 Å². The molecule has 0 aliphatic rings. The lowest BCUT2D eigenvalue weighted by atomic mass is 10.2. The van der Waals surface area contributed by atoms with Gasteiger partial charge in [-0.3, -0.25) is 0 Å². The number of rotatable bonds is 4. The van der Waals surface area contributed by atoms with Crippen LogP contribution < -0.4 is 5.32 Å². The standard InChI is InChI=1S/C14H13BrClNO2S/c1-20(18,19)9-10-2-7-14(13(15)8-10)17-12-5-3-11(16)4-6-12/h2-8,17H,9H2,1H3. The van der Waals surface area contributed by atoms with Crippen LogP contribution in [0.4, 0.5) is 11.4 Å². The molecule has 2 rings (SSSR count). The third kappa shape index (κ3) is 4.51. The predicted octanol–water partition coefficient (Wildman–Crippen LogP) is 4.39. The zero-order chi connectivity index (χ0) is 14.8. The molecule has 20 heavy (non-hydrogen) atoms. The van der Waals surface area contributed by atoms with Gasteiger partial charge in [-0.15, -0.1) is 0 Å². The maximum atomic E-state index is 11.3. The van der Waals surface area contributed by atoms with Crippen molar-refractivity contribution in [2.75, 3.05) is 11.6 Å². The van der Waals surface area contributed by atoms with Gasteiger partial charge in [-0.25, -0.2) is 8.42 Å². The molecule has 0 saturated heterocycles. The molecule has 3 nitrogen and oxygen atoms in total. The van der Waals surface area contributed by atoms with Gasteiger partial charge in [0.2, 0.25) is 0 Å². The average molecular weight is 375 g/mol. The maximum absolute atomic E-state index is 11.3. The number of hydrogen-bond acceptors (Lipinski definition) is 3. The van der Waals surface area contributed by atoms with E-state index >= 15 is 0 Å². The van der Waals surface area contributed by atoms with Crippen LogP contribution >= 0.6 is 27.5 Å². The van der Waals surface area contributed by atoms with Crippen LogP contribution in [0.2, 0.25) is 5.02 Å². The molecule has 0 unspecified atom stereocenters. The molecular formula is C14H13BrClNO2S. The van der Waals surface area contributed by atoms with Crippen LogP contribution in [0.3, 0.4) is 0 Å². The molecule has 0 spiro atoms. The second kappa shape index (κ2) is 6.16. The summed E-state index contributed by atoms with van der Waals surface area (Å²) in [6, 6.07) is 12.8. The summed E-state index contributed by atoms with van der Waals surface area (Å²) in [6.45, 7) is 0. The van der Waals surface area contributed by atoms with E-state index in [1.807, 2.05) is 18.2 Å². The van der Waals surface area contributed by atoms with E-state index in [1.165, 1.54) is 6.26 Å². The van der Waals surface area contributed by atoms with Crippen LogP contribution in [0.1, 0.15) is 5.56 Å². The minimum absolute atomic E-state index is 0.0345. The molecule has 2 aromatic rings. The van der Waals surface area contributed by atoms with Crippen LogP contribution in [0.5, 0.6) is 0 Å². The largest absolute Gasteiger partial charge is 0.355 e. The molecule has 6 heteroatoms. The lowest BCUT2D eigenvalue weighted by Gasteiger charge is -2.10. The quantitative estimate of drug-likeness (QED) is 0.863. The first-order chi connectivity index (χ1) is 9.33. The molecule has 0 saturated carbocycles. The summed E-state index contributed by atoms with van der Waals surface area (Å²) in [5, 5.41) is 3.91. The van der Waals surface area contributed by atoms with Crippen LogP contribution in [0.15, 0.2) is 46.9 Å². The van der Waals surface area contributed by atoms with Crippen molar-refractivity contribution in [3.05, 3.63) is 57.5 Å². The molecule has 0 aromatic heterocycles. The van der Waals surface area contributed by atoms with Crippen molar-refractivity contribution < 1.29 is 8.42 Å². The SMILES string of the molecule is CS(=O)(=O)Cc1ccc(Nc2ccc(Cl)cc2)c(Br)c1. The van der Waals surface area contributed by atoms with Gasteiger partial charge in [-0.2, -0.15) is 0 Å². The highest BCUT2D eigenvalue weighted by Gasteiger charge is 2.07. The second-order valence-corrected chi connectivity index (χ2v) is 7.95. The monoisotopic (exact) mass is 373 g/mol. The third-order valence-corrected chi connectivity index (χ3v) is 4.35. The molecule has 0 atom stereocenters. The van der Waals surface area contributed by atoms with Crippen LogP contribution in [0, 0.1) is 0 Å². The Bertz CT molecular complexity index is 714. The Labute approximate surface area is 132 Å². The van der Waals surface area contributed by atoms with Crippen LogP contribution in [-0.2, 0) is 15.6 Å². The predicted molar refractivity (Wildman–Crippen MR) is 87.4 cm³/mol. The molecule has 2 aromatic carbocycles. The van der Waals surface area contributed by atoms with Crippen molar-refractivity contribution in [1.82, 2.24) is 0 Å². The number of hydrogen-bond donors (Lipinski definition) is 1. The fourth-order valence-corrected chi connectivity index (χ4v) is 3.18. The zero-order valence-electron chi connectivity index (χ0n) is 10.7. The van der Waals surface area contributed by atoms with E-state index in [9.17, 15) is 8.42 Å². The summed E-state index contributed by atoms with van der Waals surface area (Å²) in [5.74, 6) is 0.0345. The van der Waals surface area contributed by atoms with E-state index in [2.05, 4.69) is 21.2 Å². The van der Waals surface area contributed by atoms with Crippen molar-refractivity contribution in [2.24, 2.45) is 0 Å². The average Bonchev–Trinajstić information content (AvgIpc) is 2.33. The lowest BCUT2D eigenvalue weighted by molar-refractivity contribution is 0.601. The lowest BCUT2D eigenvalue weighted by Crippen LogP contribution is -2.01. The molecule has 0 fully saturated rings. The van der Waals surface area contributed by atoms with E-state index in [0.717, 1.165) is 21.4 Å². The van der Waals surface area contributed by atoms with E-state index in [0.29, 0.717) is 5.02 Å². The summed E-state index contributed by atoms with van der Waals surface area (Å²) in [6.07, 6.45) is 1.22. The van der Waals surface area contributed by atoms with Gasteiger partial charge in [0.05, 0.1) is 11.4 Å². The van der Waals surface area contributed by atoms with E-state index in [-0.39, 0.29) is 5.75 Å². The van der Waals surface area contributed by atoms with Crippen molar-refractivity contribution in [3.63, 3.8) is 0 Å². The summed E-state index contributed by atoms with van der Waals surface area (Å²) < 4.78 is 23.4. The Morgan fingerprint density at radius 3 is 2.35 bits per heavy atom. The van der Waals surface area contributed by atoms with Crippen LogP contribution in [-0.4, -0.2) is 14.7 Å². The first-order valence-corrected chi connectivity index (χ1v) is 9.05. The van der Waals surface area contributed by atoms with Crippen molar-refractivity contribution >= 4 is 48.7 Å². The summed E-state index contributed by atoms with van der Waals surface area (Å²) in [4.78, 5) is 0. The van der Waals surface area contributed by atoms with E-state index in [4.69, 9.17) is 11.6 Å². The van der Waals surface area contributed by atoms with Gasteiger partial charge in [0.1, 0.15) is 0 Å². The number of nitrogens with one attached hydrogen (secondary N) is 1. The molecular weight excluding hydrogens is 362 g/mol. The van der Waals surface area contributed by atoms with Gasteiger partial charge < -0.3 is 5.32 Å². The Balaban J connectivity index is 2.19. The van der Waals surface area contributed by atoms with Crippen LogP contribution in [0.25, 0.3) is 0 Å². The molecule has 0 heterocycles. The molecule has 0 amide bonds. The number of sulfone groups is 1. The highest BCUT2D eigenvalue weighted by atomic mass is 79.9. The summed E-state index contributed by atoms with van der Waals surface area (Å²) in [5.41, 5.74) is 2.52. The van der Waals surface area contributed by atoms with Gasteiger partial charge in [0, 0.05) is 21.4 Å². The first-order valence-electron chi connectivity index (χ1n) is 5.82. The number of benzene rings is 2. The molecule has 0 bridgehead atoms.